The van der Waals surface area contributed by atoms with Crippen LogP contribution in [-0.2, 0) is 0 Å². The molecule has 1 heteroatoms. The van der Waals surface area contributed by atoms with E-state index in [0.717, 1.165) is 18.5 Å². The highest BCUT2D eigenvalue weighted by molar-refractivity contribution is 4.92. The van der Waals surface area contributed by atoms with E-state index in [1.54, 1.807) is 0 Å². The van der Waals surface area contributed by atoms with Crippen molar-refractivity contribution in [3.8, 4) is 0 Å². The zero-order chi connectivity index (χ0) is 13.4. The summed E-state index contributed by atoms with van der Waals surface area (Å²) in [7, 11) is 0. The number of unbranched alkanes of at least 4 members (excludes halogenated alkanes) is 3. The van der Waals surface area contributed by atoms with E-state index < -0.39 is 0 Å². The molecule has 0 aromatic carbocycles. The molecule has 1 saturated carbocycles. The molecule has 0 amide bonds. The van der Waals surface area contributed by atoms with Crippen molar-refractivity contribution < 1.29 is 0 Å². The molecule has 2 unspecified atom stereocenters. The summed E-state index contributed by atoms with van der Waals surface area (Å²) in [6, 6.07) is 0.747. The van der Waals surface area contributed by atoms with Gasteiger partial charge in [0.25, 0.3) is 0 Å². The van der Waals surface area contributed by atoms with Crippen molar-refractivity contribution in [2.24, 2.45) is 11.3 Å². The van der Waals surface area contributed by atoms with Crippen molar-refractivity contribution in [2.75, 3.05) is 6.54 Å². The van der Waals surface area contributed by atoms with Gasteiger partial charge in [0.15, 0.2) is 0 Å². The van der Waals surface area contributed by atoms with Gasteiger partial charge in [0, 0.05) is 6.04 Å². The van der Waals surface area contributed by atoms with Crippen LogP contribution in [0.15, 0.2) is 12.7 Å². The summed E-state index contributed by atoms with van der Waals surface area (Å²) in [6.07, 6.45) is 12.9. The summed E-state index contributed by atoms with van der Waals surface area (Å²) in [6.45, 7) is 12.1. The second-order valence-electron chi connectivity index (χ2n) is 6.58. The minimum Gasteiger partial charge on any atom is -0.314 e. The lowest BCUT2D eigenvalue weighted by Gasteiger charge is -2.35. The Labute approximate surface area is 114 Å². The highest BCUT2D eigenvalue weighted by atomic mass is 14.9. The Bertz CT molecular complexity index is 232. The van der Waals surface area contributed by atoms with Crippen LogP contribution in [0.1, 0.15) is 72.1 Å². The van der Waals surface area contributed by atoms with Gasteiger partial charge >= 0.3 is 0 Å². The van der Waals surface area contributed by atoms with Crippen LogP contribution in [0.4, 0.5) is 0 Å². The van der Waals surface area contributed by atoms with E-state index in [0.29, 0.717) is 5.41 Å². The average molecular weight is 251 g/mol. The van der Waals surface area contributed by atoms with Crippen LogP contribution >= 0.6 is 0 Å². The maximum Gasteiger partial charge on any atom is 0.0100 e. The first kappa shape index (κ1) is 15.8. The molecule has 0 aromatic heterocycles. The van der Waals surface area contributed by atoms with Crippen LogP contribution in [0.25, 0.3) is 0 Å². The fourth-order valence-corrected chi connectivity index (χ4v) is 3.64. The van der Waals surface area contributed by atoms with Crippen LogP contribution in [0, 0.1) is 11.3 Å². The Hall–Kier alpha value is -0.300. The minimum atomic E-state index is 0.550. The number of nitrogens with one attached hydrogen (secondary N) is 1. The first-order valence-corrected chi connectivity index (χ1v) is 7.96. The fraction of sp³-hybridized carbons (Fsp3) is 0.882. The average Bonchev–Trinajstić information content (AvgIpc) is 2.67. The maximum absolute atomic E-state index is 3.79. The van der Waals surface area contributed by atoms with Crippen LogP contribution in [0.3, 0.4) is 0 Å². The second-order valence-corrected chi connectivity index (χ2v) is 6.58. The molecule has 1 aliphatic carbocycles. The van der Waals surface area contributed by atoms with Crippen molar-refractivity contribution in [2.45, 2.75) is 78.2 Å². The zero-order valence-corrected chi connectivity index (χ0v) is 12.8. The second kappa shape index (κ2) is 7.99. The highest BCUT2D eigenvalue weighted by Gasteiger charge is 2.38. The molecule has 0 aromatic rings. The largest absolute Gasteiger partial charge is 0.314 e. The van der Waals surface area contributed by atoms with E-state index in [4.69, 9.17) is 0 Å². The quantitative estimate of drug-likeness (QED) is 0.453. The smallest absolute Gasteiger partial charge is 0.0100 e. The minimum absolute atomic E-state index is 0.550. The summed E-state index contributed by atoms with van der Waals surface area (Å²) >= 11 is 0. The third-order valence-corrected chi connectivity index (χ3v) is 4.72. The van der Waals surface area contributed by atoms with Crippen LogP contribution in [-0.4, -0.2) is 12.6 Å². The van der Waals surface area contributed by atoms with Crippen LogP contribution in [0.2, 0.25) is 0 Å². The summed E-state index contributed by atoms with van der Waals surface area (Å²) in [5.41, 5.74) is 0.550. The number of hydrogen-bond acceptors (Lipinski definition) is 1. The Morgan fingerprint density at radius 3 is 2.67 bits per heavy atom. The lowest BCUT2D eigenvalue weighted by Crippen LogP contribution is -2.40. The van der Waals surface area contributed by atoms with Gasteiger partial charge < -0.3 is 5.32 Å². The van der Waals surface area contributed by atoms with Gasteiger partial charge in [-0.3, -0.25) is 0 Å². The van der Waals surface area contributed by atoms with Crippen molar-refractivity contribution in [3.05, 3.63) is 12.7 Å². The molecule has 0 spiro atoms. The molecule has 1 N–H and O–H groups in total. The molecule has 0 aliphatic heterocycles. The van der Waals surface area contributed by atoms with Crippen molar-refractivity contribution in [1.82, 2.24) is 5.32 Å². The highest BCUT2D eigenvalue weighted by Crippen LogP contribution is 2.45. The lowest BCUT2D eigenvalue weighted by molar-refractivity contribution is 0.188. The van der Waals surface area contributed by atoms with E-state index >= 15 is 0 Å². The predicted octanol–water partition coefficient (Wildman–Crippen LogP) is 4.93. The molecule has 1 fully saturated rings. The first-order chi connectivity index (χ1) is 8.61. The van der Waals surface area contributed by atoms with Crippen LogP contribution in [0.5, 0.6) is 0 Å². The maximum atomic E-state index is 3.79. The molecule has 2 atom stereocenters. The van der Waals surface area contributed by atoms with E-state index in [1.807, 2.05) is 6.08 Å². The third-order valence-electron chi connectivity index (χ3n) is 4.72. The standard InChI is InChI=1S/C17H33N/c1-5-7-8-9-10-13-16(18-6-2)15-12-11-14-17(15,3)4/h5,15-16,18H,1,6-14H2,2-4H3. The number of hydrogen-bond donors (Lipinski definition) is 1. The monoisotopic (exact) mass is 251 g/mol. The van der Waals surface area contributed by atoms with E-state index in [9.17, 15) is 0 Å². The molecule has 0 bridgehead atoms. The van der Waals surface area contributed by atoms with Gasteiger partial charge in [-0.2, -0.15) is 0 Å². The molecule has 1 nitrogen and oxygen atoms in total. The van der Waals surface area contributed by atoms with E-state index in [1.165, 1.54) is 51.4 Å². The van der Waals surface area contributed by atoms with Gasteiger partial charge in [-0.05, 0) is 50.0 Å². The molecule has 0 saturated heterocycles. The summed E-state index contributed by atoms with van der Waals surface area (Å²) in [4.78, 5) is 0. The van der Waals surface area contributed by atoms with Gasteiger partial charge in [0.2, 0.25) is 0 Å². The molecule has 18 heavy (non-hydrogen) atoms. The van der Waals surface area contributed by atoms with Gasteiger partial charge in [0.05, 0.1) is 0 Å². The van der Waals surface area contributed by atoms with E-state index in [-0.39, 0.29) is 0 Å². The third kappa shape index (κ3) is 4.76. The molecular formula is C17H33N. The summed E-state index contributed by atoms with van der Waals surface area (Å²) in [5, 5.41) is 3.75. The first-order valence-electron chi connectivity index (χ1n) is 7.96. The van der Waals surface area contributed by atoms with Gasteiger partial charge in [-0.15, -0.1) is 6.58 Å². The number of allylic oxidation sites excluding steroid dienone is 1. The van der Waals surface area contributed by atoms with Crippen molar-refractivity contribution in [3.63, 3.8) is 0 Å². The van der Waals surface area contributed by atoms with Crippen molar-refractivity contribution >= 4 is 0 Å². The van der Waals surface area contributed by atoms with E-state index in [2.05, 4.69) is 32.7 Å². The normalized spacial score (nSPS) is 24.1. The Balaban J connectivity index is 2.37. The van der Waals surface area contributed by atoms with Gasteiger partial charge in [-0.1, -0.05) is 46.1 Å². The summed E-state index contributed by atoms with van der Waals surface area (Å²) in [5.74, 6) is 0.886. The molecule has 0 heterocycles. The Kier molecular flexibility index (Phi) is 6.99. The van der Waals surface area contributed by atoms with Gasteiger partial charge in [-0.25, -0.2) is 0 Å². The lowest BCUT2D eigenvalue weighted by atomic mass is 9.76. The molecule has 1 rings (SSSR count). The molecule has 0 radical (unpaired) electrons. The summed E-state index contributed by atoms with van der Waals surface area (Å²) < 4.78 is 0. The molecular weight excluding hydrogens is 218 g/mol. The Morgan fingerprint density at radius 2 is 2.11 bits per heavy atom. The van der Waals surface area contributed by atoms with Crippen LogP contribution < -0.4 is 5.32 Å². The molecule has 1 aliphatic rings. The fourth-order valence-electron chi connectivity index (χ4n) is 3.64. The topological polar surface area (TPSA) is 12.0 Å². The predicted molar refractivity (Wildman–Crippen MR) is 81.9 cm³/mol. The molecule has 106 valence electrons. The Morgan fingerprint density at radius 1 is 1.33 bits per heavy atom. The zero-order valence-electron chi connectivity index (χ0n) is 12.8. The van der Waals surface area contributed by atoms with Crippen molar-refractivity contribution in [1.29, 1.82) is 0 Å². The number of rotatable bonds is 9. The van der Waals surface area contributed by atoms with Gasteiger partial charge in [0.1, 0.15) is 0 Å². The SMILES string of the molecule is C=CCCCCCC(NCC)C1CCCC1(C)C.